The van der Waals surface area contributed by atoms with Gasteiger partial charge in [0.05, 0.1) is 6.42 Å². The monoisotopic (exact) mass is 479 g/mol. The number of aromatic amines is 1. The van der Waals surface area contributed by atoms with Gasteiger partial charge in [-0.1, -0.05) is 18.2 Å². The van der Waals surface area contributed by atoms with E-state index in [1.165, 1.54) is 0 Å². The molecule has 3 unspecified atom stereocenters. The fourth-order valence-electron chi connectivity index (χ4n) is 6.20. The van der Waals surface area contributed by atoms with E-state index >= 15 is 0 Å². The molecule has 186 valence electrons. The highest BCUT2D eigenvalue weighted by atomic mass is 19.1. The minimum absolute atomic E-state index is 0.0185. The lowest BCUT2D eigenvalue weighted by Crippen LogP contribution is -2.49. The summed E-state index contributed by atoms with van der Waals surface area (Å²) in [5.74, 6) is 0.251. The van der Waals surface area contributed by atoms with Crippen molar-refractivity contribution in [2.24, 2.45) is 11.8 Å². The number of piperidine rings is 1. The summed E-state index contributed by atoms with van der Waals surface area (Å²) in [6.45, 7) is 3.08. The summed E-state index contributed by atoms with van der Waals surface area (Å²) in [5, 5.41) is 3.11. The van der Waals surface area contributed by atoms with Gasteiger partial charge in [0.15, 0.2) is 0 Å². The highest BCUT2D eigenvalue weighted by Crippen LogP contribution is 2.36. The van der Waals surface area contributed by atoms with Gasteiger partial charge in [-0.05, 0) is 92.9 Å². The highest BCUT2D eigenvalue weighted by molar-refractivity contribution is 5.94. The summed E-state index contributed by atoms with van der Waals surface area (Å²) in [5.41, 5.74) is 3.01. The van der Waals surface area contributed by atoms with Crippen LogP contribution in [0, 0.1) is 24.6 Å². The van der Waals surface area contributed by atoms with Crippen molar-refractivity contribution in [2.75, 3.05) is 13.1 Å². The van der Waals surface area contributed by atoms with Crippen LogP contribution in [0.4, 0.5) is 4.39 Å². The third-order valence-electron chi connectivity index (χ3n) is 8.25. The zero-order chi connectivity index (χ0) is 24.5. The smallest absolute Gasteiger partial charge is 0.261 e. The van der Waals surface area contributed by atoms with Gasteiger partial charge in [-0.15, -0.1) is 0 Å². The molecule has 3 aliphatic rings. The quantitative estimate of drug-likeness (QED) is 0.702. The lowest BCUT2D eigenvalue weighted by atomic mass is 9.73. The zero-order valence-electron chi connectivity index (χ0n) is 20.4. The van der Waals surface area contributed by atoms with Gasteiger partial charge in [-0.3, -0.25) is 14.4 Å². The third kappa shape index (κ3) is 5.04. The van der Waals surface area contributed by atoms with Crippen molar-refractivity contribution in [1.29, 1.82) is 0 Å². The first kappa shape index (κ1) is 23.8. The first-order valence-electron chi connectivity index (χ1n) is 13.0. The van der Waals surface area contributed by atoms with E-state index in [4.69, 9.17) is 0 Å². The number of benzene rings is 1. The average molecular weight is 480 g/mol. The van der Waals surface area contributed by atoms with E-state index in [9.17, 15) is 18.8 Å². The summed E-state index contributed by atoms with van der Waals surface area (Å²) < 4.78 is 14.3. The summed E-state index contributed by atoms with van der Waals surface area (Å²) in [6, 6.07) is 7.03. The molecule has 6 nitrogen and oxygen atoms in total. The number of pyridine rings is 1. The second-order valence-corrected chi connectivity index (χ2v) is 10.6. The number of carbonyl (C=O) groups excluding carboxylic acids is 2. The Morgan fingerprint density at radius 2 is 1.97 bits per heavy atom. The molecular formula is C28H34FN3O3. The van der Waals surface area contributed by atoms with E-state index in [1.807, 2.05) is 4.90 Å². The van der Waals surface area contributed by atoms with E-state index in [-0.39, 0.29) is 41.2 Å². The Kier molecular flexibility index (Phi) is 6.76. The second kappa shape index (κ2) is 9.96. The van der Waals surface area contributed by atoms with Crippen LogP contribution in [-0.4, -0.2) is 40.8 Å². The maximum atomic E-state index is 14.3. The maximum absolute atomic E-state index is 14.3. The van der Waals surface area contributed by atoms with E-state index in [0.717, 1.165) is 62.6 Å². The Balaban J connectivity index is 1.16. The molecule has 2 N–H and O–H groups in total. The topological polar surface area (TPSA) is 82.3 Å². The molecule has 5 rings (SSSR count). The number of hydrogen-bond acceptors (Lipinski definition) is 3. The molecule has 0 radical (unpaired) electrons. The number of aromatic nitrogens is 1. The number of rotatable bonds is 4. The minimum atomic E-state index is -0.297. The van der Waals surface area contributed by atoms with E-state index in [2.05, 4.69) is 10.3 Å². The van der Waals surface area contributed by atoms with Gasteiger partial charge in [0.2, 0.25) is 5.91 Å². The fourth-order valence-corrected chi connectivity index (χ4v) is 6.20. The third-order valence-corrected chi connectivity index (χ3v) is 8.25. The van der Waals surface area contributed by atoms with E-state index in [0.29, 0.717) is 36.1 Å². The lowest BCUT2D eigenvalue weighted by Gasteiger charge is -2.43. The van der Waals surface area contributed by atoms with Crippen LogP contribution in [0.25, 0.3) is 0 Å². The molecule has 1 saturated heterocycles. The summed E-state index contributed by atoms with van der Waals surface area (Å²) in [7, 11) is 0. The van der Waals surface area contributed by atoms with Gasteiger partial charge in [-0.25, -0.2) is 4.39 Å². The number of fused-ring (bicyclic) bond motifs is 2. The molecule has 1 aliphatic heterocycles. The maximum Gasteiger partial charge on any atom is 0.261 e. The van der Waals surface area contributed by atoms with Crippen LogP contribution in [0.5, 0.6) is 0 Å². The molecule has 1 aromatic heterocycles. The molecule has 3 atom stereocenters. The summed E-state index contributed by atoms with van der Waals surface area (Å²) in [4.78, 5) is 43.1. The fraction of sp³-hybridized carbons (Fsp3) is 0.536. The van der Waals surface area contributed by atoms with Crippen molar-refractivity contribution >= 4 is 11.8 Å². The number of carbonyl (C=O) groups is 2. The Labute approximate surface area is 205 Å². The van der Waals surface area contributed by atoms with Crippen LogP contribution in [0.15, 0.2) is 29.1 Å². The molecule has 0 bridgehead atoms. The molecule has 2 aliphatic carbocycles. The minimum Gasteiger partial charge on any atom is -0.349 e. The highest BCUT2D eigenvalue weighted by Gasteiger charge is 2.37. The van der Waals surface area contributed by atoms with Crippen molar-refractivity contribution in [2.45, 2.75) is 70.8 Å². The molecule has 2 aromatic rings. The number of hydrogen-bond donors (Lipinski definition) is 2. The van der Waals surface area contributed by atoms with Crippen molar-refractivity contribution in [3.63, 3.8) is 0 Å². The largest absolute Gasteiger partial charge is 0.349 e. The molecule has 2 heterocycles. The van der Waals surface area contributed by atoms with Crippen molar-refractivity contribution in [1.82, 2.24) is 15.2 Å². The van der Waals surface area contributed by atoms with Gasteiger partial charge < -0.3 is 15.2 Å². The van der Waals surface area contributed by atoms with Gasteiger partial charge in [-0.2, -0.15) is 0 Å². The van der Waals surface area contributed by atoms with E-state index in [1.54, 1.807) is 31.2 Å². The SMILES string of the molecule is Cc1cccc(CC(=O)N2CCC3CC(NC(=O)c4cc5c([nH]c4=O)CCCC5)CCC3C2)c1F. The van der Waals surface area contributed by atoms with Gasteiger partial charge in [0.25, 0.3) is 11.5 Å². The predicted molar refractivity (Wildman–Crippen MR) is 132 cm³/mol. The number of nitrogens with zero attached hydrogens (tertiary/aromatic N) is 1. The lowest BCUT2D eigenvalue weighted by molar-refractivity contribution is -0.133. The molecule has 2 fully saturated rings. The molecule has 35 heavy (non-hydrogen) atoms. The number of aryl methyl sites for hydroxylation is 3. The van der Waals surface area contributed by atoms with E-state index < -0.39 is 0 Å². The number of H-pyrrole nitrogens is 1. The first-order valence-corrected chi connectivity index (χ1v) is 13.0. The Morgan fingerprint density at radius 1 is 1.14 bits per heavy atom. The van der Waals surface area contributed by atoms with Crippen LogP contribution in [0.1, 0.15) is 71.3 Å². The number of nitrogens with one attached hydrogen (secondary N) is 2. The van der Waals surface area contributed by atoms with Crippen molar-refractivity contribution in [3.8, 4) is 0 Å². The van der Waals surface area contributed by atoms with Crippen molar-refractivity contribution < 1.29 is 14.0 Å². The van der Waals surface area contributed by atoms with Gasteiger partial charge in [0.1, 0.15) is 11.4 Å². The standard InChI is InChI=1S/C28H34FN3O3/c1-17-5-4-7-20(26(17)29)15-25(33)32-12-11-18-13-22(10-9-21(18)16-32)30-27(34)23-14-19-6-2-3-8-24(19)31-28(23)35/h4-5,7,14,18,21-22H,2-3,6,8-13,15-16H2,1H3,(H,30,34)(H,31,35). The molecular weight excluding hydrogens is 445 g/mol. The van der Waals surface area contributed by atoms with Crippen LogP contribution in [-0.2, 0) is 24.1 Å². The molecule has 0 spiro atoms. The normalized spacial score (nSPS) is 23.8. The average Bonchev–Trinajstić information content (AvgIpc) is 2.86. The molecule has 2 amide bonds. The summed E-state index contributed by atoms with van der Waals surface area (Å²) in [6.07, 6.45) is 7.56. The predicted octanol–water partition coefficient (Wildman–Crippen LogP) is 3.69. The van der Waals surface area contributed by atoms with Crippen LogP contribution in [0.2, 0.25) is 0 Å². The van der Waals surface area contributed by atoms with Crippen molar-refractivity contribution in [3.05, 3.63) is 68.4 Å². The molecule has 1 saturated carbocycles. The summed E-state index contributed by atoms with van der Waals surface area (Å²) >= 11 is 0. The molecule has 1 aromatic carbocycles. The van der Waals surface area contributed by atoms with Gasteiger partial charge >= 0.3 is 0 Å². The molecule has 7 heteroatoms. The van der Waals surface area contributed by atoms with Crippen LogP contribution >= 0.6 is 0 Å². The number of halogens is 1. The number of likely N-dealkylation sites (tertiary alicyclic amines) is 1. The number of amides is 2. The Morgan fingerprint density at radius 3 is 2.83 bits per heavy atom. The first-order chi connectivity index (χ1) is 16.9. The zero-order valence-corrected chi connectivity index (χ0v) is 20.4. The van der Waals surface area contributed by atoms with Crippen LogP contribution in [0.3, 0.4) is 0 Å². The van der Waals surface area contributed by atoms with Gasteiger partial charge in [0, 0.05) is 24.8 Å². The Bertz CT molecular complexity index is 1190. The second-order valence-electron chi connectivity index (χ2n) is 10.6. The van der Waals surface area contributed by atoms with Crippen LogP contribution < -0.4 is 10.9 Å². The Hall–Kier alpha value is -2.96.